The van der Waals surface area contributed by atoms with Crippen LogP contribution >= 0.6 is 0 Å². The van der Waals surface area contributed by atoms with Crippen LogP contribution in [0.4, 0.5) is 0 Å². The summed E-state index contributed by atoms with van der Waals surface area (Å²) < 4.78 is 5.01. The Hall–Kier alpha value is -1.39. The summed E-state index contributed by atoms with van der Waals surface area (Å²) in [5.74, 6) is -0.382. The summed E-state index contributed by atoms with van der Waals surface area (Å²) in [5, 5.41) is 3.34. The molecule has 94 valence electrons. The number of rotatable bonds is 7. The highest BCUT2D eigenvalue weighted by Crippen LogP contribution is 2.08. The summed E-state index contributed by atoms with van der Waals surface area (Å²) >= 11 is 0. The number of amides is 1. The molecule has 1 aromatic rings. The van der Waals surface area contributed by atoms with Gasteiger partial charge in [0.15, 0.2) is 0 Å². The van der Waals surface area contributed by atoms with E-state index in [1.165, 1.54) is 0 Å². The van der Waals surface area contributed by atoms with Gasteiger partial charge in [-0.15, -0.1) is 0 Å². The predicted octanol–water partition coefficient (Wildman–Crippen LogP) is 1.30. The number of benzene rings is 1. The number of nitrogens with two attached hydrogens (primary N) is 1. The molecule has 1 rings (SSSR count). The molecule has 0 aliphatic heterocycles. The fourth-order valence-electron chi connectivity index (χ4n) is 1.60. The predicted molar refractivity (Wildman–Crippen MR) is 67.8 cm³/mol. The molecule has 0 bridgehead atoms. The Morgan fingerprint density at radius 1 is 1.47 bits per heavy atom. The number of carbonyl (C=O) groups excluding carboxylic acids is 1. The number of primary amides is 1. The van der Waals surface area contributed by atoms with E-state index < -0.39 is 0 Å². The van der Waals surface area contributed by atoms with Crippen molar-refractivity contribution >= 4 is 5.91 Å². The van der Waals surface area contributed by atoms with Crippen molar-refractivity contribution in [2.24, 2.45) is 5.73 Å². The van der Waals surface area contributed by atoms with Gasteiger partial charge in [0, 0.05) is 31.9 Å². The molecule has 17 heavy (non-hydrogen) atoms. The van der Waals surface area contributed by atoms with Gasteiger partial charge in [-0.25, -0.2) is 0 Å². The lowest BCUT2D eigenvalue weighted by Gasteiger charge is -2.14. The van der Waals surface area contributed by atoms with Gasteiger partial charge < -0.3 is 15.8 Å². The van der Waals surface area contributed by atoms with Crippen LogP contribution in [0.1, 0.15) is 29.3 Å². The average Bonchev–Trinajstić information content (AvgIpc) is 2.34. The zero-order valence-corrected chi connectivity index (χ0v) is 10.4. The summed E-state index contributed by atoms with van der Waals surface area (Å²) in [7, 11) is 1.69. The van der Waals surface area contributed by atoms with Crippen LogP contribution in [0, 0.1) is 0 Å². The minimum Gasteiger partial charge on any atom is -0.385 e. The molecule has 4 heteroatoms. The molecule has 3 N–H and O–H groups in total. The van der Waals surface area contributed by atoms with Gasteiger partial charge in [-0.3, -0.25) is 4.79 Å². The molecule has 0 aliphatic rings. The minimum atomic E-state index is -0.382. The van der Waals surface area contributed by atoms with E-state index in [9.17, 15) is 4.79 Å². The Morgan fingerprint density at radius 3 is 2.82 bits per heavy atom. The molecule has 0 aromatic heterocycles. The van der Waals surface area contributed by atoms with Gasteiger partial charge in [0.25, 0.3) is 0 Å². The molecule has 1 atom stereocenters. The smallest absolute Gasteiger partial charge is 0.249 e. The zero-order valence-electron chi connectivity index (χ0n) is 10.4. The molecular weight excluding hydrogens is 216 g/mol. The fourth-order valence-corrected chi connectivity index (χ4v) is 1.60. The van der Waals surface area contributed by atoms with E-state index in [1.54, 1.807) is 13.2 Å². The molecule has 0 heterocycles. The summed E-state index contributed by atoms with van der Waals surface area (Å²) in [4.78, 5) is 11.2. The first-order valence-corrected chi connectivity index (χ1v) is 5.75. The van der Waals surface area contributed by atoms with E-state index in [0.29, 0.717) is 18.2 Å². The molecule has 1 unspecified atom stereocenters. The molecule has 1 aromatic carbocycles. The Bertz CT molecular complexity index is 366. The quantitative estimate of drug-likeness (QED) is 0.750. The van der Waals surface area contributed by atoms with Crippen molar-refractivity contribution in [1.82, 2.24) is 5.32 Å². The van der Waals surface area contributed by atoms with Gasteiger partial charge in [-0.2, -0.15) is 0 Å². The lowest BCUT2D eigenvalue weighted by molar-refractivity contribution is 0.0999. The maximum atomic E-state index is 11.2. The first-order valence-electron chi connectivity index (χ1n) is 5.75. The molecule has 0 saturated carbocycles. The van der Waals surface area contributed by atoms with Crippen LogP contribution in [0.15, 0.2) is 24.3 Å². The Morgan fingerprint density at radius 2 is 2.18 bits per heavy atom. The van der Waals surface area contributed by atoms with Crippen molar-refractivity contribution in [3.05, 3.63) is 35.4 Å². The van der Waals surface area contributed by atoms with Gasteiger partial charge in [0.2, 0.25) is 5.91 Å². The topological polar surface area (TPSA) is 64.3 Å². The third-order valence-corrected chi connectivity index (χ3v) is 2.68. The lowest BCUT2D eigenvalue weighted by Crippen LogP contribution is -2.28. The molecule has 4 nitrogen and oxygen atoms in total. The second kappa shape index (κ2) is 7.04. The molecular formula is C13H20N2O2. The largest absolute Gasteiger partial charge is 0.385 e. The summed E-state index contributed by atoms with van der Waals surface area (Å²) in [6.45, 7) is 3.46. The van der Waals surface area contributed by atoms with Crippen LogP contribution in [-0.4, -0.2) is 25.7 Å². The van der Waals surface area contributed by atoms with E-state index in [-0.39, 0.29) is 5.91 Å². The van der Waals surface area contributed by atoms with E-state index in [0.717, 1.165) is 18.6 Å². The van der Waals surface area contributed by atoms with Crippen molar-refractivity contribution in [2.45, 2.75) is 25.9 Å². The number of nitrogens with one attached hydrogen (secondary N) is 1. The van der Waals surface area contributed by atoms with E-state index >= 15 is 0 Å². The third-order valence-electron chi connectivity index (χ3n) is 2.68. The number of hydrogen-bond donors (Lipinski definition) is 2. The Labute approximate surface area is 102 Å². The molecule has 0 fully saturated rings. The number of methoxy groups -OCH3 is 1. The van der Waals surface area contributed by atoms with E-state index in [4.69, 9.17) is 10.5 Å². The molecule has 0 saturated heterocycles. The minimum absolute atomic E-state index is 0.343. The first kappa shape index (κ1) is 13.7. The summed E-state index contributed by atoms with van der Waals surface area (Å²) in [6, 6.07) is 7.73. The number of hydrogen-bond acceptors (Lipinski definition) is 3. The van der Waals surface area contributed by atoms with Gasteiger partial charge in [-0.1, -0.05) is 18.2 Å². The van der Waals surface area contributed by atoms with Crippen molar-refractivity contribution < 1.29 is 9.53 Å². The van der Waals surface area contributed by atoms with Crippen LogP contribution in [0.2, 0.25) is 0 Å². The van der Waals surface area contributed by atoms with Crippen LogP contribution < -0.4 is 11.1 Å². The number of ether oxygens (including phenoxy) is 1. The van der Waals surface area contributed by atoms with Crippen LogP contribution in [0.25, 0.3) is 0 Å². The van der Waals surface area contributed by atoms with E-state index in [1.807, 2.05) is 18.2 Å². The van der Waals surface area contributed by atoms with Gasteiger partial charge in [0.05, 0.1) is 0 Å². The third kappa shape index (κ3) is 4.54. The van der Waals surface area contributed by atoms with Gasteiger partial charge in [-0.05, 0) is 25.0 Å². The maximum absolute atomic E-state index is 11.2. The zero-order chi connectivity index (χ0) is 12.7. The lowest BCUT2D eigenvalue weighted by atomic mass is 10.1. The van der Waals surface area contributed by atoms with Gasteiger partial charge in [0.1, 0.15) is 0 Å². The SMILES string of the molecule is COCCC(C)NCc1ccccc1C(N)=O. The van der Waals surface area contributed by atoms with Crippen LogP contribution in [-0.2, 0) is 11.3 Å². The highest BCUT2D eigenvalue weighted by molar-refractivity contribution is 5.94. The monoisotopic (exact) mass is 236 g/mol. The Kier molecular flexibility index (Phi) is 5.66. The van der Waals surface area contributed by atoms with Crippen LogP contribution in [0.3, 0.4) is 0 Å². The second-order valence-corrected chi connectivity index (χ2v) is 4.08. The second-order valence-electron chi connectivity index (χ2n) is 4.08. The van der Waals surface area contributed by atoms with Crippen molar-refractivity contribution in [3.8, 4) is 0 Å². The standard InChI is InChI=1S/C13H20N2O2/c1-10(7-8-17-2)15-9-11-5-3-4-6-12(11)13(14)16/h3-6,10,15H,7-9H2,1-2H3,(H2,14,16). The molecule has 0 radical (unpaired) electrons. The van der Waals surface area contributed by atoms with Gasteiger partial charge >= 0.3 is 0 Å². The van der Waals surface area contributed by atoms with Crippen molar-refractivity contribution in [3.63, 3.8) is 0 Å². The average molecular weight is 236 g/mol. The molecule has 0 spiro atoms. The highest BCUT2D eigenvalue weighted by Gasteiger charge is 2.08. The van der Waals surface area contributed by atoms with Crippen molar-refractivity contribution in [2.75, 3.05) is 13.7 Å². The maximum Gasteiger partial charge on any atom is 0.249 e. The first-order chi connectivity index (χ1) is 8.15. The highest BCUT2D eigenvalue weighted by atomic mass is 16.5. The normalized spacial score (nSPS) is 12.4. The fraction of sp³-hybridized carbons (Fsp3) is 0.462. The summed E-state index contributed by atoms with van der Waals surface area (Å²) in [5.41, 5.74) is 6.83. The van der Waals surface area contributed by atoms with Crippen LogP contribution in [0.5, 0.6) is 0 Å². The van der Waals surface area contributed by atoms with Crippen molar-refractivity contribution in [1.29, 1.82) is 0 Å². The molecule has 0 aliphatic carbocycles. The van der Waals surface area contributed by atoms with E-state index in [2.05, 4.69) is 12.2 Å². The molecule has 1 amide bonds. The summed E-state index contributed by atoms with van der Waals surface area (Å²) in [6.07, 6.45) is 0.940. The Balaban J connectivity index is 2.54. The number of carbonyl (C=O) groups is 1.